The first-order valence-electron chi connectivity index (χ1n) is 9.41. The molecule has 26 heavy (non-hydrogen) atoms. The Kier molecular flexibility index (Phi) is 5.10. The molecule has 8 heteroatoms. The van der Waals surface area contributed by atoms with Gasteiger partial charge in [0.1, 0.15) is 5.82 Å². The van der Waals surface area contributed by atoms with Crippen molar-refractivity contribution in [3.8, 4) is 0 Å². The maximum absolute atomic E-state index is 4.79. The van der Waals surface area contributed by atoms with E-state index in [2.05, 4.69) is 47.8 Å². The standard InChI is InChI=1S/C18H26N8/c1-2-23-7-9-25(10-8-23)17-15-20-22-18(21-17)26-13-11-24(12-14-26)16-5-3-4-6-19-16/h3-6,15H,2,7-14H2,1H3. The smallest absolute Gasteiger partial charge is 0.247 e. The normalized spacial score (nSPS) is 19.0. The molecule has 0 N–H and O–H groups in total. The second-order valence-corrected chi connectivity index (χ2v) is 6.70. The van der Waals surface area contributed by atoms with E-state index >= 15 is 0 Å². The fraction of sp³-hybridized carbons (Fsp3) is 0.556. The molecule has 4 heterocycles. The quantitative estimate of drug-likeness (QED) is 0.796. The Balaban J connectivity index is 1.38. The van der Waals surface area contributed by atoms with Gasteiger partial charge in [-0.05, 0) is 18.7 Å². The number of aromatic nitrogens is 4. The number of hydrogen-bond acceptors (Lipinski definition) is 8. The third kappa shape index (κ3) is 3.70. The first-order chi connectivity index (χ1) is 12.8. The van der Waals surface area contributed by atoms with Crippen molar-refractivity contribution in [1.82, 2.24) is 25.1 Å². The van der Waals surface area contributed by atoms with Crippen molar-refractivity contribution in [2.75, 3.05) is 73.6 Å². The van der Waals surface area contributed by atoms with Crippen LogP contribution in [0.15, 0.2) is 30.6 Å². The molecule has 0 amide bonds. The van der Waals surface area contributed by atoms with Crippen LogP contribution in [0.25, 0.3) is 0 Å². The predicted molar refractivity (Wildman–Crippen MR) is 103 cm³/mol. The number of piperazine rings is 2. The number of likely N-dealkylation sites (N-methyl/N-ethyl adjacent to an activating group) is 1. The highest BCUT2D eigenvalue weighted by Crippen LogP contribution is 2.18. The topological polar surface area (TPSA) is 64.5 Å². The van der Waals surface area contributed by atoms with Gasteiger partial charge in [-0.2, -0.15) is 10.1 Å². The molecule has 0 spiro atoms. The highest BCUT2D eigenvalue weighted by molar-refractivity contribution is 5.45. The molecule has 2 fully saturated rings. The zero-order chi connectivity index (χ0) is 17.8. The van der Waals surface area contributed by atoms with Gasteiger partial charge in [0.15, 0.2) is 5.82 Å². The van der Waals surface area contributed by atoms with Crippen molar-refractivity contribution in [1.29, 1.82) is 0 Å². The number of hydrogen-bond donors (Lipinski definition) is 0. The molecule has 0 atom stereocenters. The van der Waals surface area contributed by atoms with Gasteiger partial charge in [-0.3, -0.25) is 0 Å². The van der Waals surface area contributed by atoms with Crippen LogP contribution in [0.2, 0.25) is 0 Å². The molecule has 4 rings (SSSR count). The minimum absolute atomic E-state index is 0.737. The molecule has 2 aromatic heterocycles. The van der Waals surface area contributed by atoms with Crippen LogP contribution in [-0.4, -0.2) is 84.0 Å². The maximum atomic E-state index is 4.79. The monoisotopic (exact) mass is 354 g/mol. The second-order valence-electron chi connectivity index (χ2n) is 6.70. The van der Waals surface area contributed by atoms with Crippen molar-refractivity contribution < 1.29 is 0 Å². The summed E-state index contributed by atoms with van der Waals surface area (Å²) >= 11 is 0. The van der Waals surface area contributed by atoms with Crippen molar-refractivity contribution in [3.63, 3.8) is 0 Å². The van der Waals surface area contributed by atoms with Gasteiger partial charge in [-0.1, -0.05) is 13.0 Å². The first-order valence-corrected chi connectivity index (χ1v) is 9.41. The molecule has 8 nitrogen and oxygen atoms in total. The van der Waals surface area contributed by atoms with Crippen LogP contribution in [0.4, 0.5) is 17.6 Å². The average molecular weight is 354 g/mol. The maximum Gasteiger partial charge on any atom is 0.247 e. The number of pyridine rings is 1. The number of nitrogens with zero attached hydrogens (tertiary/aromatic N) is 8. The summed E-state index contributed by atoms with van der Waals surface area (Å²) in [6, 6.07) is 6.04. The summed E-state index contributed by atoms with van der Waals surface area (Å²) in [6.07, 6.45) is 3.63. The number of rotatable bonds is 4. The molecular formula is C18H26N8. The van der Waals surface area contributed by atoms with Crippen LogP contribution in [0.3, 0.4) is 0 Å². The number of anilines is 3. The predicted octanol–water partition coefficient (Wildman–Crippen LogP) is 0.735. The van der Waals surface area contributed by atoms with Gasteiger partial charge in [0.05, 0.1) is 6.20 Å². The first kappa shape index (κ1) is 17.0. The van der Waals surface area contributed by atoms with Crippen molar-refractivity contribution >= 4 is 17.6 Å². The van der Waals surface area contributed by atoms with Crippen LogP contribution in [0.1, 0.15) is 6.92 Å². The Morgan fingerprint density at radius 1 is 0.846 bits per heavy atom. The molecule has 2 aliphatic rings. The fourth-order valence-electron chi connectivity index (χ4n) is 3.54. The summed E-state index contributed by atoms with van der Waals surface area (Å²) in [7, 11) is 0. The van der Waals surface area contributed by atoms with Gasteiger partial charge in [-0.15, -0.1) is 5.10 Å². The van der Waals surface area contributed by atoms with Gasteiger partial charge in [0, 0.05) is 58.6 Å². The highest BCUT2D eigenvalue weighted by Gasteiger charge is 2.22. The van der Waals surface area contributed by atoms with Gasteiger partial charge in [0.2, 0.25) is 5.95 Å². The van der Waals surface area contributed by atoms with Gasteiger partial charge < -0.3 is 19.6 Å². The van der Waals surface area contributed by atoms with Crippen molar-refractivity contribution in [3.05, 3.63) is 30.6 Å². The van der Waals surface area contributed by atoms with E-state index in [9.17, 15) is 0 Å². The van der Waals surface area contributed by atoms with Crippen LogP contribution in [-0.2, 0) is 0 Å². The minimum Gasteiger partial charge on any atom is -0.353 e. The minimum atomic E-state index is 0.737. The Morgan fingerprint density at radius 3 is 2.23 bits per heavy atom. The van der Waals surface area contributed by atoms with E-state index in [0.717, 1.165) is 76.5 Å². The van der Waals surface area contributed by atoms with Crippen LogP contribution >= 0.6 is 0 Å². The SMILES string of the molecule is CCN1CCN(c2cnnc(N3CCN(c4ccccn4)CC3)n2)CC1. The molecule has 0 aromatic carbocycles. The Bertz CT molecular complexity index is 693. The zero-order valence-electron chi connectivity index (χ0n) is 15.3. The van der Waals surface area contributed by atoms with E-state index < -0.39 is 0 Å². The highest BCUT2D eigenvalue weighted by atomic mass is 15.4. The lowest BCUT2D eigenvalue weighted by Gasteiger charge is -2.36. The average Bonchev–Trinajstić information content (AvgIpc) is 2.75. The second kappa shape index (κ2) is 7.82. The molecule has 2 aliphatic heterocycles. The summed E-state index contributed by atoms with van der Waals surface area (Å²) in [5.41, 5.74) is 0. The Labute approximate surface area is 154 Å². The molecule has 0 aliphatic carbocycles. The van der Waals surface area contributed by atoms with E-state index in [1.165, 1.54) is 0 Å². The molecule has 0 radical (unpaired) electrons. The van der Waals surface area contributed by atoms with Gasteiger partial charge >= 0.3 is 0 Å². The third-order valence-corrected chi connectivity index (χ3v) is 5.21. The molecule has 138 valence electrons. The molecule has 0 saturated carbocycles. The van der Waals surface area contributed by atoms with E-state index in [1.54, 1.807) is 6.20 Å². The summed E-state index contributed by atoms with van der Waals surface area (Å²) in [5, 5.41) is 8.50. The fourth-order valence-corrected chi connectivity index (χ4v) is 3.54. The van der Waals surface area contributed by atoms with Crippen molar-refractivity contribution in [2.24, 2.45) is 0 Å². The summed E-state index contributed by atoms with van der Waals surface area (Å²) < 4.78 is 0. The van der Waals surface area contributed by atoms with E-state index in [4.69, 9.17) is 4.98 Å². The zero-order valence-corrected chi connectivity index (χ0v) is 15.3. The molecule has 2 saturated heterocycles. The van der Waals surface area contributed by atoms with E-state index in [0.29, 0.717) is 0 Å². The van der Waals surface area contributed by atoms with Crippen LogP contribution < -0.4 is 14.7 Å². The van der Waals surface area contributed by atoms with Crippen LogP contribution in [0.5, 0.6) is 0 Å². The lowest BCUT2D eigenvalue weighted by atomic mass is 10.3. The molecular weight excluding hydrogens is 328 g/mol. The largest absolute Gasteiger partial charge is 0.353 e. The summed E-state index contributed by atoms with van der Waals surface area (Å²) in [4.78, 5) is 18.5. The Morgan fingerprint density at radius 2 is 1.54 bits per heavy atom. The lowest BCUT2D eigenvalue weighted by molar-refractivity contribution is 0.270. The third-order valence-electron chi connectivity index (χ3n) is 5.21. The van der Waals surface area contributed by atoms with E-state index in [-0.39, 0.29) is 0 Å². The van der Waals surface area contributed by atoms with Gasteiger partial charge in [0.25, 0.3) is 0 Å². The van der Waals surface area contributed by atoms with Gasteiger partial charge in [-0.25, -0.2) is 4.98 Å². The van der Waals surface area contributed by atoms with Crippen molar-refractivity contribution in [2.45, 2.75) is 6.92 Å². The molecule has 2 aromatic rings. The molecule has 0 unspecified atom stereocenters. The van der Waals surface area contributed by atoms with E-state index in [1.807, 2.05) is 18.3 Å². The Hall–Kier alpha value is -2.48. The van der Waals surface area contributed by atoms with Crippen LogP contribution in [0, 0.1) is 0 Å². The molecule has 0 bridgehead atoms. The summed E-state index contributed by atoms with van der Waals surface area (Å²) in [5.74, 6) is 2.72. The lowest BCUT2D eigenvalue weighted by Crippen LogP contribution is -2.48. The summed E-state index contributed by atoms with van der Waals surface area (Å²) in [6.45, 7) is 11.1.